The quantitative estimate of drug-likeness (QED) is 0.471. The third-order valence-corrected chi connectivity index (χ3v) is 3.07. The molecule has 0 amide bonds. The van der Waals surface area contributed by atoms with Crippen molar-refractivity contribution in [1.29, 1.82) is 0 Å². The van der Waals surface area contributed by atoms with Gasteiger partial charge in [0.15, 0.2) is 0 Å². The van der Waals surface area contributed by atoms with E-state index in [0.29, 0.717) is 0 Å². The normalized spacial score (nSPS) is 13.6. The molecule has 0 fully saturated rings. The number of benzene rings is 1. The standard InChI is InChI=1S/C14H20N2O4/c1-4-6-13(15-10(2)14(17)20-3)11-7-5-8-12(9-11)16(18)19/h5,7-10,13,15H,4,6H2,1-3H3. The van der Waals surface area contributed by atoms with E-state index in [1.807, 2.05) is 13.0 Å². The van der Waals surface area contributed by atoms with E-state index in [1.165, 1.54) is 19.2 Å². The Morgan fingerprint density at radius 1 is 1.50 bits per heavy atom. The summed E-state index contributed by atoms with van der Waals surface area (Å²) in [6, 6.07) is 5.89. The highest BCUT2D eigenvalue weighted by Gasteiger charge is 2.20. The van der Waals surface area contributed by atoms with Crippen molar-refractivity contribution in [3.8, 4) is 0 Å². The number of esters is 1. The number of hydrogen-bond acceptors (Lipinski definition) is 5. The first kappa shape index (κ1) is 16.1. The second-order valence-electron chi connectivity index (χ2n) is 4.60. The second-order valence-corrected chi connectivity index (χ2v) is 4.60. The van der Waals surface area contributed by atoms with Crippen molar-refractivity contribution in [1.82, 2.24) is 5.32 Å². The summed E-state index contributed by atoms with van der Waals surface area (Å²) in [5.41, 5.74) is 0.855. The molecule has 0 bridgehead atoms. The highest BCUT2D eigenvalue weighted by molar-refractivity contribution is 5.75. The van der Waals surface area contributed by atoms with Gasteiger partial charge in [-0.25, -0.2) is 0 Å². The van der Waals surface area contributed by atoms with Crippen LogP contribution in [0, 0.1) is 10.1 Å². The van der Waals surface area contributed by atoms with E-state index < -0.39 is 11.0 Å². The number of nitro groups is 1. The minimum Gasteiger partial charge on any atom is -0.468 e. The summed E-state index contributed by atoms with van der Waals surface area (Å²) in [4.78, 5) is 21.9. The summed E-state index contributed by atoms with van der Waals surface area (Å²) in [5.74, 6) is -0.350. The highest BCUT2D eigenvalue weighted by Crippen LogP contribution is 2.23. The Balaban J connectivity index is 2.92. The number of rotatable bonds is 7. The molecule has 0 aliphatic rings. The van der Waals surface area contributed by atoms with Gasteiger partial charge in [-0.15, -0.1) is 0 Å². The molecule has 0 aliphatic heterocycles. The van der Waals surface area contributed by atoms with Gasteiger partial charge in [0, 0.05) is 18.2 Å². The first-order chi connectivity index (χ1) is 9.49. The minimum absolute atomic E-state index is 0.0520. The number of carbonyl (C=O) groups excluding carboxylic acids is 1. The van der Waals surface area contributed by atoms with Gasteiger partial charge < -0.3 is 4.74 Å². The Labute approximate surface area is 118 Å². The van der Waals surface area contributed by atoms with Crippen molar-refractivity contribution in [2.24, 2.45) is 0 Å². The Bertz CT molecular complexity index is 476. The minimum atomic E-state index is -0.462. The van der Waals surface area contributed by atoms with Crippen LogP contribution in [0.2, 0.25) is 0 Å². The third-order valence-electron chi connectivity index (χ3n) is 3.07. The van der Waals surface area contributed by atoms with E-state index in [0.717, 1.165) is 18.4 Å². The zero-order valence-electron chi connectivity index (χ0n) is 12.0. The summed E-state index contributed by atoms with van der Waals surface area (Å²) >= 11 is 0. The summed E-state index contributed by atoms with van der Waals surface area (Å²) in [6.07, 6.45) is 1.68. The van der Waals surface area contributed by atoms with Crippen LogP contribution >= 0.6 is 0 Å². The highest BCUT2D eigenvalue weighted by atomic mass is 16.6. The molecule has 1 aromatic rings. The van der Waals surface area contributed by atoms with Gasteiger partial charge in [0.05, 0.1) is 12.0 Å². The maximum atomic E-state index is 11.5. The molecule has 6 nitrogen and oxygen atoms in total. The lowest BCUT2D eigenvalue weighted by atomic mass is 10.0. The summed E-state index contributed by atoms with van der Waals surface area (Å²) < 4.78 is 4.68. The van der Waals surface area contributed by atoms with Gasteiger partial charge in [0.1, 0.15) is 6.04 Å². The number of nitro benzene ring substituents is 1. The number of non-ortho nitro benzene ring substituents is 1. The molecule has 0 aliphatic carbocycles. The summed E-state index contributed by atoms with van der Waals surface area (Å²) in [5, 5.41) is 14.0. The smallest absolute Gasteiger partial charge is 0.322 e. The Morgan fingerprint density at radius 2 is 2.20 bits per heavy atom. The van der Waals surface area contributed by atoms with E-state index in [9.17, 15) is 14.9 Å². The average Bonchev–Trinajstić information content (AvgIpc) is 2.45. The first-order valence-corrected chi connectivity index (χ1v) is 6.57. The van der Waals surface area contributed by atoms with Gasteiger partial charge in [0.25, 0.3) is 5.69 Å². The largest absolute Gasteiger partial charge is 0.468 e. The molecule has 110 valence electrons. The number of methoxy groups -OCH3 is 1. The maximum absolute atomic E-state index is 11.5. The molecule has 2 unspecified atom stereocenters. The van der Waals surface area contributed by atoms with Crippen LogP contribution in [-0.4, -0.2) is 24.0 Å². The maximum Gasteiger partial charge on any atom is 0.322 e. The van der Waals surface area contributed by atoms with Crippen molar-refractivity contribution >= 4 is 11.7 Å². The molecule has 1 rings (SSSR count). The van der Waals surface area contributed by atoms with Crippen LogP contribution in [0.25, 0.3) is 0 Å². The lowest BCUT2D eigenvalue weighted by molar-refractivity contribution is -0.384. The van der Waals surface area contributed by atoms with Gasteiger partial charge in [0.2, 0.25) is 0 Å². The number of nitrogens with zero attached hydrogens (tertiary/aromatic N) is 1. The van der Waals surface area contributed by atoms with Crippen molar-refractivity contribution in [2.75, 3.05) is 7.11 Å². The molecule has 0 spiro atoms. The van der Waals surface area contributed by atoms with Crippen LogP contribution in [0.1, 0.15) is 38.3 Å². The van der Waals surface area contributed by atoms with Crippen LogP contribution in [0.15, 0.2) is 24.3 Å². The second kappa shape index (κ2) is 7.59. The molecule has 0 saturated carbocycles. The zero-order valence-corrected chi connectivity index (χ0v) is 12.0. The fourth-order valence-corrected chi connectivity index (χ4v) is 2.04. The van der Waals surface area contributed by atoms with E-state index in [1.54, 1.807) is 13.0 Å². The Morgan fingerprint density at radius 3 is 2.75 bits per heavy atom. The molecule has 0 aromatic heterocycles. The number of carbonyl (C=O) groups is 1. The summed E-state index contributed by atoms with van der Waals surface area (Å²) in [6.45, 7) is 3.74. The van der Waals surface area contributed by atoms with Crippen LogP contribution < -0.4 is 5.32 Å². The Kier molecular flexibility index (Phi) is 6.11. The monoisotopic (exact) mass is 280 g/mol. The van der Waals surface area contributed by atoms with E-state index >= 15 is 0 Å². The third kappa shape index (κ3) is 4.31. The SMILES string of the molecule is CCCC(NC(C)C(=O)OC)c1cccc([N+](=O)[O-])c1. The molecule has 0 radical (unpaired) electrons. The Hall–Kier alpha value is -1.95. The van der Waals surface area contributed by atoms with Crippen molar-refractivity contribution in [3.63, 3.8) is 0 Å². The van der Waals surface area contributed by atoms with Crippen LogP contribution in [-0.2, 0) is 9.53 Å². The molecule has 6 heteroatoms. The van der Waals surface area contributed by atoms with Crippen LogP contribution in [0.4, 0.5) is 5.69 Å². The summed E-state index contributed by atoms with van der Waals surface area (Å²) in [7, 11) is 1.34. The van der Waals surface area contributed by atoms with Gasteiger partial charge >= 0.3 is 5.97 Å². The van der Waals surface area contributed by atoms with Crippen molar-refractivity contribution in [3.05, 3.63) is 39.9 Å². The van der Waals surface area contributed by atoms with Crippen molar-refractivity contribution in [2.45, 2.75) is 38.8 Å². The molecule has 2 atom stereocenters. The lowest BCUT2D eigenvalue weighted by Crippen LogP contribution is -2.37. The zero-order chi connectivity index (χ0) is 15.1. The van der Waals surface area contributed by atoms with Gasteiger partial charge in [-0.3, -0.25) is 20.2 Å². The number of nitrogens with one attached hydrogen (secondary N) is 1. The van der Waals surface area contributed by atoms with Crippen LogP contribution in [0.5, 0.6) is 0 Å². The average molecular weight is 280 g/mol. The fourth-order valence-electron chi connectivity index (χ4n) is 2.04. The molecule has 1 N–H and O–H groups in total. The molecular weight excluding hydrogens is 260 g/mol. The molecule has 0 saturated heterocycles. The van der Waals surface area contributed by atoms with Crippen LogP contribution in [0.3, 0.4) is 0 Å². The van der Waals surface area contributed by atoms with E-state index in [-0.39, 0.29) is 17.7 Å². The van der Waals surface area contributed by atoms with E-state index in [4.69, 9.17) is 0 Å². The van der Waals surface area contributed by atoms with Gasteiger partial charge in [-0.05, 0) is 18.9 Å². The first-order valence-electron chi connectivity index (χ1n) is 6.57. The molecule has 0 heterocycles. The predicted molar refractivity (Wildman–Crippen MR) is 75.4 cm³/mol. The van der Waals surface area contributed by atoms with E-state index in [2.05, 4.69) is 10.1 Å². The topological polar surface area (TPSA) is 81.5 Å². The molecule has 20 heavy (non-hydrogen) atoms. The number of ether oxygens (including phenoxy) is 1. The van der Waals surface area contributed by atoms with Gasteiger partial charge in [-0.1, -0.05) is 25.5 Å². The van der Waals surface area contributed by atoms with Gasteiger partial charge in [-0.2, -0.15) is 0 Å². The van der Waals surface area contributed by atoms with Crippen molar-refractivity contribution < 1.29 is 14.5 Å². The molecular formula is C14H20N2O4. The lowest BCUT2D eigenvalue weighted by Gasteiger charge is -2.22. The predicted octanol–water partition coefficient (Wildman–Crippen LogP) is 2.59. The number of hydrogen-bond donors (Lipinski definition) is 1. The molecule has 1 aromatic carbocycles. The fraction of sp³-hybridized carbons (Fsp3) is 0.500.